The van der Waals surface area contributed by atoms with Crippen LogP contribution in [0.25, 0.3) is 0 Å². The first-order chi connectivity index (χ1) is 7.62. The summed E-state index contributed by atoms with van der Waals surface area (Å²) in [6.45, 7) is 2.37. The summed E-state index contributed by atoms with van der Waals surface area (Å²) < 4.78 is 29.7. The number of thioether (sulfide) groups is 1. The van der Waals surface area contributed by atoms with Crippen LogP contribution in [0.3, 0.4) is 0 Å². The number of hydrogen-bond donors (Lipinski definition) is 0. The maximum atomic E-state index is 12.6. The quantitative estimate of drug-likeness (QED) is 0.376. The third-order valence-electron chi connectivity index (χ3n) is 2.51. The lowest BCUT2D eigenvalue weighted by Gasteiger charge is -2.13. The van der Waals surface area contributed by atoms with E-state index in [1.54, 1.807) is 0 Å². The molecule has 1 nitrogen and oxygen atoms in total. The summed E-state index contributed by atoms with van der Waals surface area (Å²) in [4.78, 5) is 0. The average Bonchev–Trinajstić information content (AvgIpc) is 2.27. The van der Waals surface area contributed by atoms with Crippen molar-refractivity contribution in [3.8, 4) is 0 Å². The Hall–Kier alpha value is 0.170. The van der Waals surface area contributed by atoms with Crippen LogP contribution in [-0.4, -0.2) is 18.3 Å². The van der Waals surface area contributed by atoms with Crippen molar-refractivity contribution in [2.45, 2.75) is 63.7 Å². The molecule has 0 aliphatic rings. The molecule has 0 N–H and O–H groups in total. The molecule has 0 unspecified atom stereocenters. The fourth-order valence-electron chi connectivity index (χ4n) is 1.49. The Bertz CT molecular complexity index is 154. The first-order valence-corrected chi connectivity index (χ1v) is 7.41. The van der Waals surface area contributed by atoms with E-state index in [1.165, 1.54) is 38.4 Å². The number of alkyl halides is 2. The van der Waals surface area contributed by atoms with Gasteiger partial charge in [0.1, 0.15) is 0 Å². The van der Waals surface area contributed by atoms with E-state index in [1.807, 2.05) is 0 Å². The minimum atomic E-state index is -3.00. The molecule has 0 aliphatic carbocycles. The maximum absolute atomic E-state index is 12.6. The molecule has 0 saturated carbocycles. The molecule has 0 fully saturated rings. The minimum absolute atomic E-state index is 0.169. The van der Waals surface area contributed by atoms with Gasteiger partial charge in [-0.15, -0.1) is 0 Å². The Morgan fingerprint density at radius 1 is 0.938 bits per heavy atom. The zero-order valence-corrected chi connectivity index (χ0v) is 11.3. The van der Waals surface area contributed by atoms with Gasteiger partial charge in [-0.2, -0.15) is 8.78 Å². The molecular formula is C12H24F2OS. The molecule has 0 aromatic carbocycles. The van der Waals surface area contributed by atoms with E-state index in [-0.39, 0.29) is 6.61 Å². The van der Waals surface area contributed by atoms with Crippen LogP contribution in [0.5, 0.6) is 0 Å². The molecule has 0 bridgehead atoms. The van der Waals surface area contributed by atoms with Crippen LogP contribution in [-0.2, 0) is 4.74 Å². The van der Waals surface area contributed by atoms with Crippen molar-refractivity contribution >= 4 is 11.8 Å². The highest BCUT2D eigenvalue weighted by molar-refractivity contribution is 7.99. The zero-order chi connectivity index (χ0) is 12.3. The largest absolute Gasteiger partial charge is 0.407 e. The second kappa shape index (κ2) is 10.3. The summed E-state index contributed by atoms with van der Waals surface area (Å²) in [6, 6.07) is 0. The van der Waals surface area contributed by atoms with Gasteiger partial charge >= 0.3 is 5.44 Å². The van der Waals surface area contributed by atoms with E-state index in [2.05, 4.69) is 11.7 Å². The molecule has 16 heavy (non-hydrogen) atoms. The van der Waals surface area contributed by atoms with Crippen LogP contribution in [0, 0.1) is 0 Å². The fourth-order valence-corrected chi connectivity index (χ4v) is 1.69. The third kappa shape index (κ3) is 10.7. The SMILES string of the molecule is CCCCCCCCCCOC(F)(F)SC. The van der Waals surface area contributed by atoms with Crippen molar-refractivity contribution in [3.05, 3.63) is 0 Å². The molecule has 0 radical (unpaired) electrons. The smallest absolute Gasteiger partial charge is 0.311 e. The van der Waals surface area contributed by atoms with Crippen molar-refractivity contribution in [1.82, 2.24) is 0 Å². The molecule has 0 saturated heterocycles. The predicted octanol–water partition coefficient (Wildman–Crippen LogP) is 5.06. The van der Waals surface area contributed by atoms with Crippen molar-refractivity contribution in [2.24, 2.45) is 0 Å². The molecule has 0 atom stereocenters. The molecule has 0 aromatic rings. The molecule has 0 aromatic heterocycles. The lowest BCUT2D eigenvalue weighted by atomic mass is 10.1. The summed E-state index contributed by atoms with van der Waals surface area (Å²) in [5, 5.41) is 0. The number of halogens is 2. The Kier molecular flexibility index (Phi) is 10.4. The Balaban J connectivity index is 3.10. The summed E-state index contributed by atoms with van der Waals surface area (Å²) in [5.74, 6) is 0. The van der Waals surface area contributed by atoms with Crippen molar-refractivity contribution < 1.29 is 13.5 Å². The van der Waals surface area contributed by atoms with Gasteiger partial charge in [0.05, 0.1) is 6.61 Å². The molecule has 98 valence electrons. The fraction of sp³-hybridized carbons (Fsp3) is 1.00. The van der Waals surface area contributed by atoms with Gasteiger partial charge in [-0.1, -0.05) is 63.6 Å². The van der Waals surface area contributed by atoms with Crippen LogP contribution >= 0.6 is 11.8 Å². The van der Waals surface area contributed by atoms with E-state index in [9.17, 15) is 8.78 Å². The summed E-state index contributed by atoms with van der Waals surface area (Å²) in [6.07, 6.45) is 10.6. The second-order valence-corrected chi connectivity index (χ2v) is 4.87. The number of unbranched alkanes of at least 4 members (excludes halogenated alkanes) is 7. The predicted molar refractivity (Wildman–Crippen MR) is 67.0 cm³/mol. The minimum Gasteiger partial charge on any atom is -0.311 e. The topological polar surface area (TPSA) is 9.23 Å². The van der Waals surface area contributed by atoms with E-state index in [0.29, 0.717) is 11.8 Å². The van der Waals surface area contributed by atoms with E-state index in [0.717, 1.165) is 19.3 Å². The third-order valence-corrected chi connectivity index (χ3v) is 3.10. The Morgan fingerprint density at radius 3 is 1.94 bits per heavy atom. The van der Waals surface area contributed by atoms with Gasteiger partial charge in [0, 0.05) is 0 Å². The zero-order valence-electron chi connectivity index (χ0n) is 10.4. The normalized spacial score (nSPS) is 12.0. The molecular weight excluding hydrogens is 230 g/mol. The van der Waals surface area contributed by atoms with E-state index >= 15 is 0 Å². The van der Waals surface area contributed by atoms with Gasteiger partial charge in [-0.05, 0) is 12.7 Å². The monoisotopic (exact) mass is 254 g/mol. The molecule has 0 rings (SSSR count). The summed E-state index contributed by atoms with van der Waals surface area (Å²) >= 11 is 0.449. The lowest BCUT2D eigenvalue weighted by Crippen LogP contribution is -2.15. The van der Waals surface area contributed by atoms with Crippen LogP contribution in [0.15, 0.2) is 0 Å². The van der Waals surface area contributed by atoms with Gasteiger partial charge in [0.2, 0.25) is 0 Å². The van der Waals surface area contributed by atoms with Gasteiger partial charge in [0.25, 0.3) is 0 Å². The van der Waals surface area contributed by atoms with Crippen LogP contribution in [0.2, 0.25) is 0 Å². The van der Waals surface area contributed by atoms with Crippen molar-refractivity contribution in [3.63, 3.8) is 0 Å². The van der Waals surface area contributed by atoms with Gasteiger partial charge in [-0.3, -0.25) is 0 Å². The first-order valence-electron chi connectivity index (χ1n) is 6.19. The highest BCUT2D eigenvalue weighted by Crippen LogP contribution is 2.27. The molecule has 0 aliphatic heterocycles. The van der Waals surface area contributed by atoms with Gasteiger partial charge in [-0.25, -0.2) is 0 Å². The van der Waals surface area contributed by atoms with E-state index < -0.39 is 5.44 Å². The Morgan fingerprint density at radius 2 is 1.44 bits per heavy atom. The summed E-state index contributed by atoms with van der Waals surface area (Å²) in [7, 11) is 0. The number of rotatable bonds is 11. The molecule has 0 spiro atoms. The lowest BCUT2D eigenvalue weighted by molar-refractivity contribution is -0.162. The van der Waals surface area contributed by atoms with Gasteiger partial charge in [0.15, 0.2) is 0 Å². The standard InChI is InChI=1S/C12H24F2OS/c1-3-4-5-6-7-8-9-10-11-15-12(13,14)16-2/h3-11H2,1-2H3. The van der Waals surface area contributed by atoms with Gasteiger partial charge < -0.3 is 4.74 Å². The molecule has 0 heterocycles. The molecule has 0 amide bonds. The maximum Gasteiger partial charge on any atom is 0.407 e. The Labute approximate surface area is 102 Å². The second-order valence-electron chi connectivity index (χ2n) is 3.99. The number of ether oxygens (including phenoxy) is 1. The van der Waals surface area contributed by atoms with Crippen molar-refractivity contribution in [1.29, 1.82) is 0 Å². The van der Waals surface area contributed by atoms with Crippen molar-refractivity contribution in [2.75, 3.05) is 12.9 Å². The van der Waals surface area contributed by atoms with Crippen LogP contribution < -0.4 is 0 Å². The highest BCUT2D eigenvalue weighted by Gasteiger charge is 2.27. The van der Waals surface area contributed by atoms with Crippen LogP contribution in [0.1, 0.15) is 58.3 Å². The highest BCUT2D eigenvalue weighted by atomic mass is 32.2. The molecule has 4 heteroatoms. The average molecular weight is 254 g/mol. The van der Waals surface area contributed by atoms with E-state index in [4.69, 9.17) is 0 Å². The first kappa shape index (κ1) is 16.2. The van der Waals surface area contributed by atoms with Crippen LogP contribution in [0.4, 0.5) is 8.78 Å². The number of hydrogen-bond acceptors (Lipinski definition) is 2. The summed E-state index contributed by atoms with van der Waals surface area (Å²) in [5.41, 5.74) is -3.00.